The molecule has 1 aromatic carbocycles. The summed E-state index contributed by atoms with van der Waals surface area (Å²) in [4.78, 5) is 12.4. The van der Waals surface area contributed by atoms with Crippen LogP contribution in [0.2, 0.25) is 0 Å². The van der Waals surface area contributed by atoms with Crippen LogP contribution in [0.1, 0.15) is 30.5 Å². The van der Waals surface area contributed by atoms with Crippen molar-refractivity contribution < 1.29 is 26.5 Å². The molecule has 2 rings (SSSR count). The van der Waals surface area contributed by atoms with Crippen molar-refractivity contribution in [2.45, 2.75) is 47.2 Å². The third-order valence-electron chi connectivity index (χ3n) is 3.76. The van der Waals surface area contributed by atoms with E-state index in [0.29, 0.717) is 18.9 Å². The zero-order valence-corrected chi connectivity index (χ0v) is 15.4. The fourth-order valence-electron chi connectivity index (χ4n) is 2.65. The van der Waals surface area contributed by atoms with Crippen molar-refractivity contribution in [2.24, 2.45) is 5.92 Å². The van der Waals surface area contributed by atoms with Gasteiger partial charge >= 0.3 is 0 Å². The number of nitrogens with zero attached hydrogens (tertiary/aromatic N) is 2. The van der Waals surface area contributed by atoms with Crippen LogP contribution in [0.3, 0.4) is 0 Å². The Hall–Kier alpha value is -1.42. The van der Waals surface area contributed by atoms with Gasteiger partial charge in [-0.25, -0.2) is 0 Å². The molecular formula is C18H25BrN2O. The minimum absolute atomic E-state index is 0. The Labute approximate surface area is 143 Å². The predicted octanol–water partition coefficient (Wildman–Crippen LogP) is -0.136. The van der Waals surface area contributed by atoms with Gasteiger partial charge in [0.2, 0.25) is 12.3 Å². The smallest absolute Gasteiger partial charge is 0.230 e. The van der Waals surface area contributed by atoms with Gasteiger partial charge in [-0.3, -0.25) is 4.79 Å². The van der Waals surface area contributed by atoms with Gasteiger partial charge in [0.1, 0.15) is 0 Å². The molecule has 3 nitrogen and oxygen atoms in total. The van der Waals surface area contributed by atoms with Gasteiger partial charge in [0, 0.05) is 12.5 Å². The highest BCUT2D eigenvalue weighted by Gasteiger charge is 2.16. The summed E-state index contributed by atoms with van der Waals surface area (Å²) in [6.45, 7) is 9.89. The lowest BCUT2D eigenvalue weighted by Crippen LogP contribution is -3.00. The average Bonchev–Trinajstić information content (AvgIpc) is 2.80. The van der Waals surface area contributed by atoms with Crippen molar-refractivity contribution in [3.05, 3.63) is 53.3 Å². The molecule has 0 aliphatic carbocycles. The molecule has 0 radical (unpaired) electrons. The number of carbonyl (C=O) groups is 1. The Kier molecular flexibility index (Phi) is 7.01. The standard InChI is InChI=1S/C18H25N2O.BrH/c1-14(2)12-19-9-6-10-20(19)13-17(21)11-18-15(3)7-5-8-16(18)4;/h5-10,14H,11-13H2,1-4H3;1H/q+1;/p-1. The van der Waals surface area contributed by atoms with Crippen LogP contribution in [-0.4, -0.2) is 10.5 Å². The topological polar surface area (TPSA) is 25.9 Å². The molecule has 0 unspecified atom stereocenters. The second-order valence-electron chi connectivity index (χ2n) is 6.19. The molecule has 0 bridgehead atoms. The number of hydrogen-bond donors (Lipinski definition) is 0. The lowest BCUT2D eigenvalue weighted by molar-refractivity contribution is -0.764. The molecule has 0 saturated heterocycles. The maximum absolute atomic E-state index is 12.4. The highest BCUT2D eigenvalue weighted by molar-refractivity contribution is 5.80. The molecule has 120 valence electrons. The number of hydrogen-bond acceptors (Lipinski definition) is 1. The Morgan fingerprint density at radius 3 is 2.41 bits per heavy atom. The van der Waals surface area contributed by atoms with Crippen LogP contribution in [0.15, 0.2) is 36.7 Å². The van der Waals surface area contributed by atoms with Crippen LogP contribution < -0.4 is 21.7 Å². The Balaban J connectivity index is 0.00000242. The molecule has 0 N–H and O–H groups in total. The number of ketones is 1. The number of benzene rings is 1. The Morgan fingerprint density at radius 2 is 1.82 bits per heavy atom. The third kappa shape index (κ3) is 4.80. The molecular weight excluding hydrogens is 340 g/mol. The summed E-state index contributed by atoms with van der Waals surface area (Å²) in [5, 5.41) is 0. The average molecular weight is 365 g/mol. The van der Waals surface area contributed by atoms with Crippen molar-refractivity contribution in [3.8, 4) is 0 Å². The maximum Gasteiger partial charge on any atom is 0.230 e. The quantitative estimate of drug-likeness (QED) is 0.655. The van der Waals surface area contributed by atoms with Crippen molar-refractivity contribution in [2.75, 3.05) is 0 Å². The zero-order valence-electron chi connectivity index (χ0n) is 13.8. The maximum atomic E-state index is 12.4. The first-order chi connectivity index (χ1) is 9.97. The van der Waals surface area contributed by atoms with Crippen LogP contribution in [-0.2, 0) is 24.3 Å². The van der Waals surface area contributed by atoms with E-state index in [9.17, 15) is 4.79 Å². The van der Waals surface area contributed by atoms with Gasteiger partial charge < -0.3 is 17.0 Å². The van der Waals surface area contributed by atoms with E-state index >= 15 is 0 Å². The van der Waals surface area contributed by atoms with E-state index in [4.69, 9.17) is 0 Å². The van der Waals surface area contributed by atoms with E-state index in [-0.39, 0.29) is 22.8 Å². The molecule has 1 heterocycles. The fraction of sp³-hybridized carbons (Fsp3) is 0.444. The molecule has 0 spiro atoms. The van der Waals surface area contributed by atoms with Gasteiger partial charge in [-0.2, -0.15) is 4.68 Å². The number of rotatable bonds is 6. The second-order valence-corrected chi connectivity index (χ2v) is 6.19. The molecule has 22 heavy (non-hydrogen) atoms. The van der Waals surface area contributed by atoms with Crippen molar-refractivity contribution in [3.63, 3.8) is 0 Å². The van der Waals surface area contributed by atoms with E-state index in [1.807, 2.05) is 29.2 Å². The Bertz CT molecular complexity index is 612. The van der Waals surface area contributed by atoms with Gasteiger partial charge in [-0.15, -0.1) is 4.68 Å². The van der Waals surface area contributed by atoms with Crippen LogP contribution in [0, 0.1) is 19.8 Å². The number of aromatic nitrogens is 2. The van der Waals surface area contributed by atoms with Crippen LogP contribution in [0.25, 0.3) is 0 Å². The molecule has 1 aromatic heterocycles. The molecule has 0 aliphatic heterocycles. The van der Waals surface area contributed by atoms with E-state index in [1.165, 1.54) is 16.7 Å². The molecule has 0 atom stereocenters. The summed E-state index contributed by atoms with van der Waals surface area (Å²) in [6, 6.07) is 8.18. The zero-order chi connectivity index (χ0) is 15.4. The lowest BCUT2D eigenvalue weighted by atomic mass is 9.98. The summed E-state index contributed by atoms with van der Waals surface area (Å²) >= 11 is 0. The molecule has 0 saturated carbocycles. The normalized spacial score (nSPS) is 10.6. The van der Waals surface area contributed by atoms with Crippen molar-refractivity contribution in [1.82, 2.24) is 4.68 Å². The van der Waals surface area contributed by atoms with Crippen molar-refractivity contribution >= 4 is 5.78 Å². The summed E-state index contributed by atoms with van der Waals surface area (Å²) in [5.74, 6) is 0.818. The summed E-state index contributed by atoms with van der Waals surface area (Å²) in [6.07, 6.45) is 4.52. The molecule has 0 fully saturated rings. The number of aryl methyl sites for hydroxylation is 2. The minimum atomic E-state index is 0. The predicted molar refractivity (Wildman–Crippen MR) is 84.1 cm³/mol. The second kappa shape index (κ2) is 8.28. The highest BCUT2D eigenvalue weighted by atomic mass is 79.9. The SMILES string of the molecule is Cc1cccc(C)c1CC(=O)C[n+]1cccn1CC(C)C.[Br-]. The van der Waals surface area contributed by atoms with Gasteiger partial charge in [-0.05, 0) is 36.5 Å². The lowest BCUT2D eigenvalue weighted by Gasteiger charge is -2.09. The van der Waals surface area contributed by atoms with E-state index in [2.05, 4.69) is 44.5 Å². The fourth-order valence-corrected chi connectivity index (χ4v) is 2.65. The van der Waals surface area contributed by atoms with E-state index in [0.717, 1.165) is 6.54 Å². The van der Waals surface area contributed by atoms with E-state index in [1.54, 1.807) is 0 Å². The Morgan fingerprint density at radius 1 is 1.18 bits per heavy atom. The first kappa shape index (κ1) is 18.6. The van der Waals surface area contributed by atoms with Gasteiger partial charge in [0.25, 0.3) is 0 Å². The summed E-state index contributed by atoms with van der Waals surface area (Å²) in [5.41, 5.74) is 3.57. The van der Waals surface area contributed by atoms with Crippen LogP contribution in [0.4, 0.5) is 0 Å². The minimum Gasteiger partial charge on any atom is -1.00 e. The van der Waals surface area contributed by atoms with Crippen LogP contribution >= 0.6 is 0 Å². The van der Waals surface area contributed by atoms with E-state index < -0.39 is 0 Å². The van der Waals surface area contributed by atoms with Crippen LogP contribution in [0.5, 0.6) is 0 Å². The molecule has 0 aliphatic rings. The first-order valence-electron chi connectivity index (χ1n) is 7.59. The largest absolute Gasteiger partial charge is 1.00 e. The van der Waals surface area contributed by atoms with Gasteiger partial charge in [0.05, 0.1) is 12.7 Å². The molecule has 4 heteroatoms. The molecule has 0 amide bonds. The van der Waals surface area contributed by atoms with Gasteiger partial charge in [-0.1, -0.05) is 32.0 Å². The highest BCUT2D eigenvalue weighted by Crippen LogP contribution is 2.14. The van der Waals surface area contributed by atoms with Gasteiger partial charge in [0.15, 0.2) is 6.20 Å². The number of Topliss-reactive ketones (excluding diaryl/α,β-unsaturated/α-hetero) is 1. The number of carbonyl (C=O) groups excluding carboxylic acids is 1. The summed E-state index contributed by atoms with van der Waals surface area (Å²) < 4.78 is 4.13. The van der Waals surface area contributed by atoms with Crippen molar-refractivity contribution in [1.29, 1.82) is 0 Å². The molecule has 2 aromatic rings. The number of halogens is 1. The first-order valence-corrected chi connectivity index (χ1v) is 7.59. The summed E-state index contributed by atoms with van der Waals surface area (Å²) in [7, 11) is 0. The monoisotopic (exact) mass is 364 g/mol. The third-order valence-corrected chi connectivity index (χ3v) is 3.76.